The molecular formula is C21H26ClN3O2. The van der Waals surface area contributed by atoms with Gasteiger partial charge in [0, 0.05) is 43.1 Å². The van der Waals surface area contributed by atoms with Crippen LogP contribution in [0.3, 0.4) is 0 Å². The van der Waals surface area contributed by atoms with Gasteiger partial charge in [0.25, 0.3) is 0 Å². The summed E-state index contributed by atoms with van der Waals surface area (Å²) >= 11 is 6.17. The molecule has 2 aromatic carbocycles. The number of urea groups is 1. The van der Waals surface area contributed by atoms with Gasteiger partial charge >= 0.3 is 6.03 Å². The number of carbonyl (C=O) groups is 1. The Morgan fingerprint density at radius 1 is 1.15 bits per heavy atom. The second-order valence-electron chi connectivity index (χ2n) is 7.09. The molecule has 1 aliphatic heterocycles. The number of benzene rings is 2. The Kier molecular flexibility index (Phi) is 6.24. The normalized spacial score (nSPS) is 19.6. The van der Waals surface area contributed by atoms with Gasteiger partial charge < -0.3 is 19.9 Å². The van der Waals surface area contributed by atoms with Crippen LogP contribution in [0.25, 0.3) is 0 Å². The molecule has 144 valence electrons. The van der Waals surface area contributed by atoms with Crippen LogP contribution in [-0.4, -0.2) is 43.3 Å². The molecule has 2 atom stereocenters. The monoisotopic (exact) mass is 387 g/mol. The van der Waals surface area contributed by atoms with E-state index in [1.807, 2.05) is 48.5 Å². The molecule has 0 radical (unpaired) electrons. The summed E-state index contributed by atoms with van der Waals surface area (Å²) in [5.41, 5.74) is 2.83. The molecular weight excluding hydrogens is 362 g/mol. The number of halogens is 1. The molecule has 1 aliphatic rings. The third kappa shape index (κ3) is 5.15. The van der Waals surface area contributed by atoms with Crippen LogP contribution in [0.2, 0.25) is 5.02 Å². The smallest absolute Gasteiger partial charge is 0.321 e. The van der Waals surface area contributed by atoms with E-state index in [-0.39, 0.29) is 18.2 Å². The number of anilines is 2. The van der Waals surface area contributed by atoms with Crippen molar-refractivity contribution in [2.24, 2.45) is 0 Å². The van der Waals surface area contributed by atoms with Crippen LogP contribution in [-0.2, 0) is 11.3 Å². The van der Waals surface area contributed by atoms with Crippen LogP contribution in [0.1, 0.15) is 19.4 Å². The Hall–Kier alpha value is -2.24. The molecule has 2 unspecified atom stereocenters. The summed E-state index contributed by atoms with van der Waals surface area (Å²) in [4.78, 5) is 16.4. The van der Waals surface area contributed by atoms with Gasteiger partial charge in [-0.2, -0.15) is 0 Å². The second kappa shape index (κ2) is 8.63. The average Bonchev–Trinajstić information content (AvgIpc) is 2.63. The van der Waals surface area contributed by atoms with Crippen molar-refractivity contribution >= 4 is 29.0 Å². The molecule has 1 N–H and O–H groups in total. The summed E-state index contributed by atoms with van der Waals surface area (Å²) in [6.45, 7) is 6.37. The molecule has 27 heavy (non-hydrogen) atoms. The molecule has 3 rings (SSSR count). The second-order valence-corrected chi connectivity index (χ2v) is 7.49. The van der Waals surface area contributed by atoms with Crippen molar-refractivity contribution < 1.29 is 9.53 Å². The number of carbonyl (C=O) groups excluding carboxylic acids is 1. The maximum absolute atomic E-state index is 12.4. The Bertz CT molecular complexity index is 771. The number of rotatable bonds is 4. The van der Waals surface area contributed by atoms with Crippen molar-refractivity contribution in [3.8, 4) is 0 Å². The zero-order chi connectivity index (χ0) is 19.4. The fourth-order valence-electron chi connectivity index (χ4n) is 3.32. The molecule has 1 saturated heterocycles. The van der Waals surface area contributed by atoms with Gasteiger partial charge in [-0.1, -0.05) is 29.8 Å². The van der Waals surface area contributed by atoms with Crippen LogP contribution < -0.4 is 10.2 Å². The van der Waals surface area contributed by atoms with E-state index in [9.17, 15) is 4.79 Å². The van der Waals surface area contributed by atoms with Gasteiger partial charge in [-0.3, -0.25) is 0 Å². The van der Waals surface area contributed by atoms with E-state index in [2.05, 4.69) is 24.1 Å². The minimum Gasteiger partial charge on any atom is -0.372 e. The zero-order valence-corrected chi connectivity index (χ0v) is 16.7. The largest absolute Gasteiger partial charge is 0.372 e. The Labute approximate surface area is 165 Å². The first-order chi connectivity index (χ1) is 12.9. The number of nitrogens with one attached hydrogen (secondary N) is 1. The molecule has 1 heterocycles. The quantitative estimate of drug-likeness (QED) is 0.832. The predicted molar refractivity (Wildman–Crippen MR) is 111 cm³/mol. The first-order valence-corrected chi connectivity index (χ1v) is 9.56. The predicted octanol–water partition coefficient (Wildman–Crippen LogP) is 4.62. The number of nitrogens with zero attached hydrogens (tertiary/aromatic N) is 2. The summed E-state index contributed by atoms with van der Waals surface area (Å²) in [7, 11) is 1.75. The van der Waals surface area contributed by atoms with E-state index in [1.54, 1.807) is 11.9 Å². The summed E-state index contributed by atoms with van der Waals surface area (Å²) in [5.74, 6) is 0. The highest BCUT2D eigenvalue weighted by Gasteiger charge is 2.22. The van der Waals surface area contributed by atoms with E-state index < -0.39 is 0 Å². The first kappa shape index (κ1) is 19.5. The fraction of sp³-hybridized carbons (Fsp3) is 0.381. The first-order valence-electron chi connectivity index (χ1n) is 9.18. The van der Waals surface area contributed by atoms with Crippen LogP contribution in [0.15, 0.2) is 48.5 Å². The molecule has 0 spiro atoms. The van der Waals surface area contributed by atoms with Crippen molar-refractivity contribution in [2.45, 2.75) is 32.6 Å². The number of morpholine rings is 1. The molecule has 1 fully saturated rings. The molecule has 0 bridgehead atoms. The Balaban J connectivity index is 1.59. The van der Waals surface area contributed by atoms with E-state index in [0.717, 1.165) is 30.0 Å². The van der Waals surface area contributed by atoms with Crippen LogP contribution in [0.4, 0.5) is 16.2 Å². The average molecular weight is 388 g/mol. The van der Waals surface area contributed by atoms with Gasteiger partial charge in [0.15, 0.2) is 0 Å². The highest BCUT2D eigenvalue weighted by Crippen LogP contribution is 2.23. The lowest BCUT2D eigenvalue weighted by molar-refractivity contribution is -0.00521. The zero-order valence-electron chi connectivity index (χ0n) is 16.0. The van der Waals surface area contributed by atoms with Gasteiger partial charge in [-0.05, 0) is 49.7 Å². The van der Waals surface area contributed by atoms with Crippen molar-refractivity contribution in [2.75, 3.05) is 30.4 Å². The minimum atomic E-state index is -0.170. The van der Waals surface area contributed by atoms with E-state index in [4.69, 9.17) is 16.3 Å². The van der Waals surface area contributed by atoms with Crippen molar-refractivity contribution in [1.29, 1.82) is 0 Å². The van der Waals surface area contributed by atoms with Crippen LogP contribution in [0, 0.1) is 0 Å². The molecule has 0 aliphatic carbocycles. The van der Waals surface area contributed by atoms with Crippen LogP contribution in [0.5, 0.6) is 0 Å². The lowest BCUT2D eigenvalue weighted by atomic mass is 10.2. The molecule has 0 aromatic heterocycles. The fourth-order valence-corrected chi connectivity index (χ4v) is 3.51. The lowest BCUT2D eigenvalue weighted by Crippen LogP contribution is -2.45. The molecule has 2 amide bonds. The lowest BCUT2D eigenvalue weighted by Gasteiger charge is -2.36. The van der Waals surface area contributed by atoms with Crippen molar-refractivity contribution in [3.05, 3.63) is 59.1 Å². The summed E-state index contributed by atoms with van der Waals surface area (Å²) in [6.07, 6.45) is 0.429. The van der Waals surface area contributed by atoms with Gasteiger partial charge in [-0.25, -0.2) is 4.79 Å². The van der Waals surface area contributed by atoms with Crippen molar-refractivity contribution in [3.63, 3.8) is 0 Å². The van der Waals surface area contributed by atoms with Gasteiger partial charge in [0.05, 0.1) is 12.2 Å². The Morgan fingerprint density at radius 2 is 1.78 bits per heavy atom. The van der Waals surface area contributed by atoms with Gasteiger partial charge in [-0.15, -0.1) is 0 Å². The van der Waals surface area contributed by atoms with Gasteiger partial charge in [0.2, 0.25) is 0 Å². The molecule has 6 heteroatoms. The maximum Gasteiger partial charge on any atom is 0.321 e. The molecule has 0 saturated carbocycles. The number of ether oxygens (including phenoxy) is 1. The highest BCUT2D eigenvalue weighted by atomic mass is 35.5. The topological polar surface area (TPSA) is 44.8 Å². The Morgan fingerprint density at radius 3 is 2.41 bits per heavy atom. The number of amides is 2. The SMILES string of the molecule is CC1CN(c2ccc(NC(=O)N(C)Cc3ccccc3Cl)cc2)CC(C)O1. The highest BCUT2D eigenvalue weighted by molar-refractivity contribution is 6.31. The summed E-state index contributed by atoms with van der Waals surface area (Å²) < 4.78 is 5.78. The van der Waals surface area contributed by atoms with Crippen LogP contribution >= 0.6 is 11.6 Å². The molecule has 2 aromatic rings. The minimum absolute atomic E-state index is 0.170. The number of hydrogen-bond donors (Lipinski definition) is 1. The maximum atomic E-state index is 12.4. The van der Waals surface area contributed by atoms with Crippen molar-refractivity contribution in [1.82, 2.24) is 4.90 Å². The number of hydrogen-bond acceptors (Lipinski definition) is 3. The summed E-state index contributed by atoms with van der Waals surface area (Å²) in [5, 5.41) is 3.59. The van der Waals surface area contributed by atoms with E-state index >= 15 is 0 Å². The van der Waals surface area contributed by atoms with Gasteiger partial charge in [0.1, 0.15) is 0 Å². The summed E-state index contributed by atoms with van der Waals surface area (Å²) in [6, 6.07) is 15.3. The van der Waals surface area contributed by atoms with E-state index in [0.29, 0.717) is 11.6 Å². The third-order valence-corrected chi connectivity index (χ3v) is 4.98. The van der Waals surface area contributed by atoms with E-state index in [1.165, 1.54) is 0 Å². The molecule has 5 nitrogen and oxygen atoms in total. The third-order valence-electron chi connectivity index (χ3n) is 4.62. The standard InChI is InChI=1S/C21H26ClN3O2/c1-15-12-25(13-16(2)27-15)19-10-8-18(9-11-19)23-21(26)24(3)14-17-6-4-5-7-20(17)22/h4-11,15-16H,12-14H2,1-3H3,(H,23,26).